The molecule has 2 aliphatic rings. The summed E-state index contributed by atoms with van der Waals surface area (Å²) in [4.78, 5) is 22.5. The first kappa shape index (κ1) is 16.1. The molecule has 0 heterocycles. The topological polar surface area (TPSA) is 81.4 Å². The quantitative estimate of drug-likeness (QED) is 0.584. The van der Waals surface area contributed by atoms with Crippen LogP contribution in [0.1, 0.15) is 59.3 Å². The van der Waals surface area contributed by atoms with Gasteiger partial charge in [-0.15, -0.1) is 0 Å². The minimum absolute atomic E-state index is 0.0718. The molecule has 2 aliphatic carbocycles. The van der Waals surface area contributed by atoms with Crippen LogP contribution in [0.15, 0.2) is 0 Å². The van der Waals surface area contributed by atoms with Gasteiger partial charge in [0.05, 0.1) is 0 Å². The lowest BCUT2D eigenvalue weighted by Crippen LogP contribution is -2.38. The molecule has 0 unspecified atom stereocenters. The largest absolute Gasteiger partial charge is 0.462 e. The number of urea groups is 1. The lowest BCUT2D eigenvalue weighted by atomic mass is 9.70. The molecular weight excluding hydrogens is 268 g/mol. The third-order valence-electron chi connectivity index (χ3n) is 6.09. The highest BCUT2D eigenvalue weighted by molar-refractivity contribution is 5.71. The average Bonchev–Trinajstić information content (AvgIpc) is 2.71. The van der Waals surface area contributed by atoms with E-state index in [1.54, 1.807) is 0 Å². The first-order chi connectivity index (χ1) is 9.77. The molecule has 120 valence electrons. The molecule has 3 N–H and O–H groups in total. The predicted molar refractivity (Wildman–Crippen MR) is 80.5 cm³/mol. The molecule has 0 aromatic carbocycles. The molecule has 0 aromatic heterocycles. The van der Waals surface area contributed by atoms with Gasteiger partial charge >= 0.3 is 12.0 Å². The summed E-state index contributed by atoms with van der Waals surface area (Å²) >= 11 is 0. The summed E-state index contributed by atoms with van der Waals surface area (Å²) < 4.78 is 5.76. The van der Waals surface area contributed by atoms with Crippen LogP contribution in [-0.4, -0.2) is 24.6 Å². The minimum Gasteiger partial charge on any atom is -0.462 e. The maximum Gasteiger partial charge on any atom is 0.312 e. The molecule has 2 saturated carbocycles. The summed E-state index contributed by atoms with van der Waals surface area (Å²) in [5.41, 5.74) is 5.37. The number of unbranched alkanes of at least 4 members (excludes halogenated alkanes) is 1. The number of hydrogen-bond acceptors (Lipinski definition) is 3. The van der Waals surface area contributed by atoms with Gasteiger partial charge in [0, 0.05) is 18.4 Å². The number of nitrogens with two attached hydrogens (primary N) is 1. The summed E-state index contributed by atoms with van der Waals surface area (Å²) in [7, 11) is 0. The van der Waals surface area contributed by atoms with E-state index in [4.69, 9.17) is 10.5 Å². The summed E-state index contributed by atoms with van der Waals surface area (Å²) in [6.45, 7) is 7.41. The number of amides is 2. The normalized spacial score (nSPS) is 32.9. The van der Waals surface area contributed by atoms with Gasteiger partial charge in [0.15, 0.2) is 0 Å². The third kappa shape index (κ3) is 3.01. The van der Waals surface area contributed by atoms with Crippen LogP contribution in [0.4, 0.5) is 4.79 Å². The molecule has 2 rings (SSSR count). The van der Waals surface area contributed by atoms with E-state index in [9.17, 15) is 9.59 Å². The minimum atomic E-state index is -0.519. The van der Waals surface area contributed by atoms with Gasteiger partial charge in [-0.2, -0.15) is 0 Å². The summed E-state index contributed by atoms with van der Waals surface area (Å²) in [6.07, 6.45) is 5.38. The van der Waals surface area contributed by atoms with Crippen molar-refractivity contribution < 1.29 is 14.3 Å². The molecule has 5 nitrogen and oxygen atoms in total. The second kappa shape index (κ2) is 5.85. The van der Waals surface area contributed by atoms with Crippen LogP contribution in [0, 0.1) is 16.7 Å². The van der Waals surface area contributed by atoms with Crippen molar-refractivity contribution in [2.45, 2.75) is 65.4 Å². The van der Waals surface area contributed by atoms with E-state index in [2.05, 4.69) is 26.1 Å². The zero-order chi connectivity index (χ0) is 15.7. The molecule has 0 spiro atoms. The Labute approximate surface area is 127 Å². The highest BCUT2D eigenvalue weighted by atomic mass is 16.5. The number of fused-ring (bicyclic) bond motifs is 2. The smallest absolute Gasteiger partial charge is 0.312 e. The Morgan fingerprint density at radius 1 is 1.29 bits per heavy atom. The highest BCUT2D eigenvalue weighted by Crippen LogP contribution is 2.66. The van der Waals surface area contributed by atoms with Gasteiger partial charge in [-0.05, 0) is 43.4 Å². The van der Waals surface area contributed by atoms with Crippen molar-refractivity contribution >= 4 is 12.0 Å². The lowest BCUT2D eigenvalue weighted by Gasteiger charge is -2.38. The standard InChI is InChI=1S/C16H28N2O3/c1-15(2)11-7-8-16(15,3)12(10-11)21-13(19)6-4-5-9-18-14(17)20/h11-12H,4-10H2,1-3H3,(H3,17,18,20)/t11-,12-,16-/m0/s1. The zero-order valence-electron chi connectivity index (χ0n) is 13.4. The average molecular weight is 296 g/mol. The van der Waals surface area contributed by atoms with E-state index in [-0.39, 0.29) is 22.9 Å². The third-order valence-corrected chi connectivity index (χ3v) is 6.09. The monoisotopic (exact) mass is 296 g/mol. The molecule has 0 saturated heterocycles. The molecule has 21 heavy (non-hydrogen) atoms. The molecule has 2 fully saturated rings. The number of carbonyl (C=O) groups is 2. The first-order valence-corrected chi connectivity index (χ1v) is 8.00. The van der Waals surface area contributed by atoms with E-state index >= 15 is 0 Å². The predicted octanol–water partition coefficient (Wildman–Crippen LogP) is 2.58. The Hall–Kier alpha value is -1.26. The Kier molecular flexibility index (Phi) is 4.49. The number of carbonyl (C=O) groups excluding carboxylic acids is 2. The van der Waals surface area contributed by atoms with Crippen LogP contribution in [0.2, 0.25) is 0 Å². The van der Waals surface area contributed by atoms with Gasteiger partial charge < -0.3 is 15.8 Å². The molecule has 3 atom stereocenters. The number of primary amides is 1. The number of esters is 1. The maximum atomic E-state index is 12.0. The van der Waals surface area contributed by atoms with E-state index in [1.807, 2.05) is 0 Å². The van der Waals surface area contributed by atoms with Crippen molar-refractivity contribution in [3.63, 3.8) is 0 Å². The van der Waals surface area contributed by atoms with Crippen LogP contribution in [0.3, 0.4) is 0 Å². The molecule has 0 aromatic rings. The number of hydrogen-bond donors (Lipinski definition) is 2. The Morgan fingerprint density at radius 2 is 2.00 bits per heavy atom. The van der Waals surface area contributed by atoms with Gasteiger partial charge in [0.1, 0.15) is 6.10 Å². The summed E-state index contributed by atoms with van der Waals surface area (Å²) in [5.74, 6) is 0.573. The molecule has 0 radical (unpaired) electrons. The Bertz CT molecular complexity index is 422. The fourth-order valence-electron chi connectivity index (χ4n) is 4.13. The first-order valence-electron chi connectivity index (χ1n) is 8.00. The van der Waals surface area contributed by atoms with Crippen molar-refractivity contribution in [2.75, 3.05) is 6.54 Å². The van der Waals surface area contributed by atoms with Gasteiger partial charge in [0.2, 0.25) is 0 Å². The number of rotatable bonds is 6. The maximum absolute atomic E-state index is 12.0. The number of nitrogens with one attached hydrogen (secondary N) is 1. The SMILES string of the molecule is CC1(C)[C@H]2CC[C@@]1(C)[C@@H](OC(=O)CCCCNC(N)=O)C2. The van der Waals surface area contributed by atoms with Gasteiger partial charge in [0.25, 0.3) is 0 Å². The van der Waals surface area contributed by atoms with E-state index < -0.39 is 6.03 Å². The molecular formula is C16H28N2O3. The van der Waals surface area contributed by atoms with Crippen LogP contribution in [0.25, 0.3) is 0 Å². The Balaban J connectivity index is 1.73. The van der Waals surface area contributed by atoms with Crippen molar-refractivity contribution in [1.29, 1.82) is 0 Å². The lowest BCUT2D eigenvalue weighted by molar-refractivity contribution is -0.157. The van der Waals surface area contributed by atoms with Crippen molar-refractivity contribution in [2.24, 2.45) is 22.5 Å². The van der Waals surface area contributed by atoms with Gasteiger partial charge in [-0.3, -0.25) is 4.79 Å². The molecule has 2 amide bonds. The van der Waals surface area contributed by atoms with Crippen LogP contribution < -0.4 is 11.1 Å². The summed E-state index contributed by atoms with van der Waals surface area (Å²) in [6, 6.07) is -0.519. The zero-order valence-corrected chi connectivity index (χ0v) is 13.4. The fourth-order valence-corrected chi connectivity index (χ4v) is 4.13. The summed E-state index contributed by atoms with van der Waals surface area (Å²) in [5, 5.41) is 2.52. The van der Waals surface area contributed by atoms with Crippen molar-refractivity contribution in [1.82, 2.24) is 5.32 Å². The van der Waals surface area contributed by atoms with Crippen molar-refractivity contribution in [3.8, 4) is 0 Å². The fraction of sp³-hybridized carbons (Fsp3) is 0.875. The highest BCUT2D eigenvalue weighted by Gasteiger charge is 2.62. The van der Waals surface area contributed by atoms with E-state index in [0.717, 1.165) is 25.7 Å². The molecule has 2 bridgehead atoms. The van der Waals surface area contributed by atoms with Gasteiger partial charge in [-0.25, -0.2) is 4.79 Å². The van der Waals surface area contributed by atoms with Crippen LogP contribution in [0.5, 0.6) is 0 Å². The van der Waals surface area contributed by atoms with Crippen molar-refractivity contribution in [3.05, 3.63) is 0 Å². The number of ether oxygens (including phenoxy) is 1. The molecule has 5 heteroatoms. The Morgan fingerprint density at radius 3 is 2.52 bits per heavy atom. The molecule has 0 aliphatic heterocycles. The second-order valence-corrected chi connectivity index (χ2v) is 7.34. The van der Waals surface area contributed by atoms with Crippen LogP contribution in [-0.2, 0) is 9.53 Å². The van der Waals surface area contributed by atoms with Crippen LogP contribution >= 0.6 is 0 Å². The van der Waals surface area contributed by atoms with Gasteiger partial charge in [-0.1, -0.05) is 20.8 Å². The van der Waals surface area contributed by atoms with E-state index in [0.29, 0.717) is 18.9 Å². The second-order valence-electron chi connectivity index (χ2n) is 7.34. The van der Waals surface area contributed by atoms with E-state index in [1.165, 1.54) is 6.42 Å².